The second kappa shape index (κ2) is 4.28. The number of morpholine rings is 1. The van der Waals surface area contributed by atoms with Gasteiger partial charge in [-0.1, -0.05) is 12.8 Å². The second-order valence-corrected chi connectivity index (χ2v) is 4.13. The van der Waals surface area contributed by atoms with Gasteiger partial charge in [0.2, 0.25) is 0 Å². The molecule has 0 amide bonds. The Hall–Kier alpha value is -0.610. The van der Waals surface area contributed by atoms with Crippen molar-refractivity contribution in [2.75, 3.05) is 19.7 Å². The fourth-order valence-corrected chi connectivity index (χ4v) is 2.55. The highest BCUT2D eigenvalue weighted by atomic mass is 16.5. The Morgan fingerprint density at radius 3 is 3.00 bits per heavy atom. The van der Waals surface area contributed by atoms with Gasteiger partial charge in [-0.2, -0.15) is 0 Å². The number of nitrogens with zero attached hydrogens (tertiary/aromatic N) is 1. The molecule has 4 nitrogen and oxygen atoms in total. The number of carboxylic acid groups (broad SMARTS) is 1. The predicted molar refractivity (Wildman–Crippen MR) is 51.2 cm³/mol. The summed E-state index contributed by atoms with van der Waals surface area (Å²) in [6, 6.07) is 0.355. The van der Waals surface area contributed by atoms with Crippen molar-refractivity contribution in [1.29, 1.82) is 0 Å². The number of rotatable bonds is 2. The van der Waals surface area contributed by atoms with Gasteiger partial charge >= 0.3 is 5.97 Å². The van der Waals surface area contributed by atoms with E-state index < -0.39 is 5.97 Å². The molecule has 1 saturated carbocycles. The molecular formula is C10H17NO3. The highest BCUT2D eigenvalue weighted by molar-refractivity contribution is 5.69. The summed E-state index contributed by atoms with van der Waals surface area (Å²) in [5.41, 5.74) is 0. The largest absolute Gasteiger partial charge is 0.480 e. The lowest BCUT2D eigenvalue weighted by molar-refractivity contribution is -0.144. The molecule has 0 bridgehead atoms. The Morgan fingerprint density at radius 2 is 2.21 bits per heavy atom. The average Bonchev–Trinajstić information content (AvgIpc) is 2.18. The Balaban J connectivity index is 1.97. The van der Waals surface area contributed by atoms with Gasteiger partial charge in [-0.25, -0.2) is 0 Å². The molecule has 0 aromatic carbocycles. The lowest BCUT2D eigenvalue weighted by Gasteiger charge is -2.43. The first kappa shape index (κ1) is 9.93. The van der Waals surface area contributed by atoms with E-state index in [2.05, 4.69) is 4.90 Å². The van der Waals surface area contributed by atoms with Gasteiger partial charge in [0.15, 0.2) is 0 Å². The third-order valence-electron chi connectivity index (χ3n) is 3.19. The van der Waals surface area contributed by atoms with Crippen LogP contribution in [0.5, 0.6) is 0 Å². The maximum atomic E-state index is 10.7. The Labute approximate surface area is 83.8 Å². The molecule has 80 valence electrons. The van der Waals surface area contributed by atoms with Crippen LogP contribution in [0.15, 0.2) is 0 Å². The van der Waals surface area contributed by atoms with Crippen molar-refractivity contribution in [3.05, 3.63) is 0 Å². The third kappa shape index (κ3) is 2.07. The summed E-state index contributed by atoms with van der Waals surface area (Å²) in [6.07, 6.45) is 4.92. The Kier molecular flexibility index (Phi) is 3.03. The van der Waals surface area contributed by atoms with Crippen molar-refractivity contribution < 1.29 is 14.6 Å². The minimum absolute atomic E-state index is 0.171. The van der Waals surface area contributed by atoms with Gasteiger partial charge < -0.3 is 9.84 Å². The minimum Gasteiger partial charge on any atom is -0.480 e. The summed E-state index contributed by atoms with van der Waals surface area (Å²) in [5.74, 6) is -0.726. The number of aliphatic carboxylic acids is 1. The van der Waals surface area contributed by atoms with Crippen molar-refractivity contribution >= 4 is 5.97 Å². The maximum absolute atomic E-state index is 10.7. The standard InChI is InChI=1S/C10H17NO3/c12-10(13)7-11-5-6-14-9-4-2-1-3-8(9)11/h8-9H,1-7H2,(H,12,13). The summed E-state index contributed by atoms with van der Waals surface area (Å²) in [5, 5.41) is 8.77. The van der Waals surface area contributed by atoms with Crippen LogP contribution in [0.3, 0.4) is 0 Å². The third-order valence-corrected chi connectivity index (χ3v) is 3.19. The lowest BCUT2D eigenvalue weighted by Crippen LogP contribution is -2.53. The maximum Gasteiger partial charge on any atom is 0.317 e. The van der Waals surface area contributed by atoms with Crippen molar-refractivity contribution in [2.45, 2.75) is 37.8 Å². The first-order valence-electron chi connectivity index (χ1n) is 5.35. The molecule has 1 N–H and O–H groups in total. The van der Waals surface area contributed by atoms with E-state index >= 15 is 0 Å². The molecule has 14 heavy (non-hydrogen) atoms. The van der Waals surface area contributed by atoms with E-state index in [1.165, 1.54) is 12.8 Å². The van der Waals surface area contributed by atoms with Gasteiger partial charge in [-0.05, 0) is 12.8 Å². The van der Waals surface area contributed by atoms with Crippen LogP contribution < -0.4 is 0 Å². The molecule has 2 fully saturated rings. The highest BCUT2D eigenvalue weighted by Crippen LogP contribution is 2.27. The van der Waals surface area contributed by atoms with E-state index in [0.29, 0.717) is 12.6 Å². The van der Waals surface area contributed by atoms with Crippen LogP contribution in [-0.2, 0) is 9.53 Å². The van der Waals surface area contributed by atoms with Crippen LogP contribution in [0.25, 0.3) is 0 Å². The topological polar surface area (TPSA) is 49.8 Å². The van der Waals surface area contributed by atoms with Crippen LogP contribution in [0.2, 0.25) is 0 Å². The molecule has 1 heterocycles. The molecule has 2 unspecified atom stereocenters. The average molecular weight is 199 g/mol. The van der Waals surface area contributed by atoms with Crippen LogP contribution in [0.1, 0.15) is 25.7 Å². The van der Waals surface area contributed by atoms with Gasteiger partial charge in [0.05, 0.1) is 19.3 Å². The lowest BCUT2D eigenvalue weighted by atomic mass is 9.90. The summed E-state index contributed by atoms with van der Waals surface area (Å²) in [4.78, 5) is 12.7. The summed E-state index contributed by atoms with van der Waals surface area (Å²) in [6.45, 7) is 1.63. The number of carbonyl (C=O) groups is 1. The molecule has 0 spiro atoms. The number of hydrogen-bond acceptors (Lipinski definition) is 3. The zero-order valence-electron chi connectivity index (χ0n) is 8.32. The van der Waals surface area contributed by atoms with E-state index in [9.17, 15) is 4.79 Å². The quantitative estimate of drug-likeness (QED) is 0.711. The van der Waals surface area contributed by atoms with Gasteiger partial charge in [-0.15, -0.1) is 0 Å². The van der Waals surface area contributed by atoms with Gasteiger partial charge in [0.1, 0.15) is 0 Å². The monoisotopic (exact) mass is 199 g/mol. The molecule has 2 rings (SSSR count). The first-order chi connectivity index (χ1) is 6.77. The number of ether oxygens (including phenoxy) is 1. The molecule has 0 aromatic rings. The molecule has 1 aliphatic heterocycles. The Bertz CT molecular complexity index is 217. The molecule has 0 radical (unpaired) electrons. The summed E-state index contributed by atoms with van der Waals surface area (Å²) >= 11 is 0. The number of fused-ring (bicyclic) bond motifs is 1. The molecule has 2 atom stereocenters. The smallest absolute Gasteiger partial charge is 0.317 e. The van der Waals surface area contributed by atoms with Crippen LogP contribution >= 0.6 is 0 Å². The van der Waals surface area contributed by atoms with Crippen molar-refractivity contribution in [3.8, 4) is 0 Å². The zero-order valence-corrected chi connectivity index (χ0v) is 8.32. The molecule has 1 saturated heterocycles. The second-order valence-electron chi connectivity index (χ2n) is 4.13. The molecule has 0 aromatic heterocycles. The van der Waals surface area contributed by atoms with E-state index in [0.717, 1.165) is 19.4 Å². The van der Waals surface area contributed by atoms with Crippen LogP contribution in [0.4, 0.5) is 0 Å². The van der Waals surface area contributed by atoms with Crippen molar-refractivity contribution in [3.63, 3.8) is 0 Å². The van der Waals surface area contributed by atoms with E-state index in [1.807, 2.05) is 0 Å². The summed E-state index contributed by atoms with van der Waals surface area (Å²) < 4.78 is 5.66. The molecule has 1 aliphatic carbocycles. The van der Waals surface area contributed by atoms with E-state index in [1.54, 1.807) is 0 Å². The molecular weight excluding hydrogens is 182 g/mol. The van der Waals surface area contributed by atoms with Crippen molar-refractivity contribution in [2.24, 2.45) is 0 Å². The van der Waals surface area contributed by atoms with Gasteiger partial charge in [0.25, 0.3) is 0 Å². The minimum atomic E-state index is -0.726. The molecule has 2 aliphatic rings. The number of hydrogen-bond donors (Lipinski definition) is 1. The fourth-order valence-electron chi connectivity index (χ4n) is 2.55. The van der Waals surface area contributed by atoms with E-state index in [4.69, 9.17) is 9.84 Å². The normalized spacial score (nSPS) is 33.7. The fraction of sp³-hybridized carbons (Fsp3) is 0.900. The molecule has 4 heteroatoms. The highest BCUT2D eigenvalue weighted by Gasteiger charge is 2.34. The Morgan fingerprint density at radius 1 is 1.43 bits per heavy atom. The number of carboxylic acids is 1. The SMILES string of the molecule is O=C(O)CN1CCOC2CCCCC21. The van der Waals surface area contributed by atoms with Crippen molar-refractivity contribution in [1.82, 2.24) is 4.90 Å². The van der Waals surface area contributed by atoms with Crippen LogP contribution in [-0.4, -0.2) is 47.8 Å². The van der Waals surface area contributed by atoms with E-state index in [-0.39, 0.29) is 12.6 Å². The zero-order chi connectivity index (χ0) is 9.97. The van der Waals surface area contributed by atoms with Crippen LogP contribution in [0, 0.1) is 0 Å². The predicted octanol–water partition coefficient (Wildman–Crippen LogP) is 0.714. The summed E-state index contributed by atoms with van der Waals surface area (Å²) in [7, 11) is 0. The first-order valence-corrected chi connectivity index (χ1v) is 5.35. The van der Waals surface area contributed by atoms with Gasteiger partial charge in [0, 0.05) is 12.6 Å². The van der Waals surface area contributed by atoms with Gasteiger partial charge in [-0.3, -0.25) is 9.69 Å².